The molecule has 2 amide bonds. The lowest BCUT2D eigenvalue weighted by molar-refractivity contribution is 0.249. The molecule has 0 saturated carbocycles. The molecule has 0 aliphatic rings. The van der Waals surface area contributed by atoms with Gasteiger partial charge >= 0.3 is 6.03 Å². The molecule has 0 spiro atoms. The highest BCUT2D eigenvalue weighted by molar-refractivity contribution is 5.88. The van der Waals surface area contributed by atoms with Crippen molar-refractivity contribution in [2.24, 2.45) is 5.73 Å². The number of benzene rings is 1. The lowest BCUT2D eigenvalue weighted by atomic mass is 10.2. The standard InChI is InChI=1S/C11H13N5O/c12-11(17)14-6-5-13-10-8-3-1-2-4-9(8)15-7-16-10/h1-4,7H,5-6H2,(H3,12,14,17)(H,13,15,16). The minimum Gasteiger partial charge on any atom is -0.368 e. The monoisotopic (exact) mass is 231 g/mol. The molecule has 2 rings (SSSR count). The Morgan fingerprint density at radius 3 is 2.88 bits per heavy atom. The third-order valence-corrected chi connectivity index (χ3v) is 2.26. The fraction of sp³-hybridized carbons (Fsp3) is 0.182. The maximum Gasteiger partial charge on any atom is 0.312 e. The number of carbonyl (C=O) groups excluding carboxylic acids is 1. The van der Waals surface area contributed by atoms with E-state index >= 15 is 0 Å². The minimum atomic E-state index is -0.528. The number of amides is 2. The van der Waals surface area contributed by atoms with Crippen molar-refractivity contribution < 1.29 is 4.79 Å². The van der Waals surface area contributed by atoms with Gasteiger partial charge in [0.15, 0.2) is 0 Å². The van der Waals surface area contributed by atoms with Crippen LogP contribution in [0.1, 0.15) is 0 Å². The molecule has 6 nitrogen and oxygen atoms in total. The Kier molecular flexibility index (Phi) is 3.34. The molecule has 2 aromatic rings. The number of hydrogen-bond acceptors (Lipinski definition) is 4. The second-order valence-electron chi connectivity index (χ2n) is 3.46. The third kappa shape index (κ3) is 2.81. The molecule has 0 saturated heterocycles. The van der Waals surface area contributed by atoms with Gasteiger partial charge in [0.2, 0.25) is 0 Å². The van der Waals surface area contributed by atoms with Gasteiger partial charge in [0.25, 0.3) is 0 Å². The van der Waals surface area contributed by atoms with Crippen molar-refractivity contribution >= 4 is 22.8 Å². The van der Waals surface area contributed by atoms with Crippen molar-refractivity contribution in [3.05, 3.63) is 30.6 Å². The third-order valence-electron chi connectivity index (χ3n) is 2.26. The summed E-state index contributed by atoms with van der Waals surface area (Å²) in [6, 6.07) is 7.19. The van der Waals surface area contributed by atoms with Crippen molar-refractivity contribution in [3.63, 3.8) is 0 Å². The minimum absolute atomic E-state index is 0.452. The van der Waals surface area contributed by atoms with Gasteiger partial charge in [-0.2, -0.15) is 0 Å². The van der Waals surface area contributed by atoms with Crippen LogP contribution in [-0.4, -0.2) is 29.1 Å². The summed E-state index contributed by atoms with van der Waals surface area (Å²) in [6.07, 6.45) is 1.51. The number of hydrogen-bond donors (Lipinski definition) is 3. The molecular formula is C11H13N5O. The molecule has 0 aliphatic carbocycles. The van der Waals surface area contributed by atoms with Gasteiger partial charge in [-0.15, -0.1) is 0 Å². The number of primary amides is 1. The van der Waals surface area contributed by atoms with Crippen molar-refractivity contribution in [2.75, 3.05) is 18.4 Å². The van der Waals surface area contributed by atoms with Gasteiger partial charge < -0.3 is 16.4 Å². The summed E-state index contributed by atoms with van der Waals surface area (Å²) in [5.41, 5.74) is 5.84. The first-order valence-electron chi connectivity index (χ1n) is 5.24. The fourth-order valence-corrected chi connectivity index (χ4v) is 1.51. The maximum absolute atomic E-state index is 10.5. The number of para-hydroxylation sites is 1. The zero-order valence-electron chi connectivity index (χ0n) is 9.18. The van der Waals surface area contributed by atoms with Crippen LogP contribution < -0.4 is 16.4 Å². The van der Waals surface area contributed by atoms with E-state index < -0.39 is 6.03 Å². The molecule has 0 aliphatic heterocycles. The van der Waals surface area contributed by atoms with Crippen LogP contribution in [0.2, 0.25) is 0 Å². The van der Waals surface area contributed by atoms with Gasteiger partial charge in [-0.1, -0.05) is 12.1 Å². The molecule has 0 fully saturated rings. The second kappa shape index (κ2) is 5.11. The zero-order chi connectivity index (χ0) is 12.1. The molecule has 4 N–H and O–H groups in total. The Balaban J connectivity index is 2.05. The molecular weight excluding hydrogens is 218 g/mol. The second-order valence-corrected chi connectivity index (χ2v) is 3.46. The van der Waals surface area contributed by atoms with E-state index in [0.29, 0.717) is 13.1 Å². The van der Waals surface area contributed by atoms with E-state index in [1.807, 2.05) is 24.3 Å². The molecule has 1 aromatic carbocycles. The van der Waals surface area contributed by atoms with Crippen LogP contribution >= 0.6 is 0 Å². The number of rotatable bonds is 4. The first-order chi connectivity index (χ1) is 8.27. The summed E-state index contributed by atoms with van der Waals surface area (Å²) in [4.78, 5) is 18.8. The number of nitrogens with one attached hydrogen (secondary N) is 2. The summed E-state index contributed by atoms with van der Waals surface area (Å²) >= 11 is 0. The van der Waals surface area contributed by atoms with E-state index in [2.05, 4.69) is 20.6 Å². The number of fused-ring (bicyclic) bond motifs is 1. The van der Waals surface area contributed by atoms with Crippen LogP contribution in [0.5, 0.6) is 0 Å². The van der Waals surface area contributed by atoms with Crippen LogP contribution in [0.4, 0.5) is 10.6 Å². The topological polar surface area (TPSA) is 92.9 Å². The largest absolute Gasteiger partial charge is 0.368 e. The van der Waals surface area contributed by atoms with Crippen molar-refractivity contribution in [1.82, 2.24) is 15.3 Å². The lowest BCUT2D eigenvalue weighted by Crippen LogP contribution is -2.33. The molecule has 88 valence electrons. The zero-order valence-corrected chi connectivity index (χ0v) is 9.18. The van der Waals surface area contributed by atoms with Gasteiger partial charge in [0.1, 0.15) is 12.1 Å². The molecule has 6 heteroatoms. The Morgan fingerprint density at radius 2 is 2.06 bits per heavy atom. The summed E-state index contributed by atoms with van der Waals surface area (Å²) in [7, 11) is 0. The van der Waals surface area contributed by atoms with Crippen LogP contribution in [0.15, 0.2) is 30.6 Å². The summed E-state index contributed by atoms with van der Waals surface area (Å²) in [6.45, 7) is 1.01. The van der Waals surface area contributed by atoms with E-state index in [9.17, 15) is 4.79 Å². The quantitative estimate of drug-likeness (QED) is 0.675. The molecule has 1 aromatic heterocycles. The number of anilines is 1. The van der Waals surface area contributed by atoms with E-state index in [-0.39, 0.29) is 0 Å². The highest BCUT2D eigenvalue weighted by Crippen LogP contribution is 2.17. The average molecular weight is 231 g/mol. The predicted molar refractivity (Wildman–Crippen MR) is 65.6 cm³/mol. The van der Waals surface area contributed by atoms with Crippen LogP contribution in [0.25, 0.3) is 10.9 Å². The smallest absolute Gasteiger partial charge is 0.312 e. The highest BCUT2D eigenvalue weighted by Gasteiger charge is 2.01. The van der Waals surface area contributed by atoms with Gasteiger partial charge in [0.05, 0.1) is 5.52 Å². The van der Waals surface area contributed by atoms with Gasteiger partial charge in [-0.3, -0.25) is 0 Å². The van der Waals surface area contributed by atoms with E-state index in [1.165, 1.54) is 6.33 Å². The van der Waals surface area contributed by atoms with Gasteiger partial charge in [0, 0.05) is 18.5 Å². The van der Waals surface area contributed by atoms with Crippen molar-refractivity contribution in [1.29, 1.82) is 0 Å². The molecule has 0 unspecified atom stereocenters. The van der Waals surface area contributed by atoms with Crippen molar-refractivity contribution in [3.8, 4) is 0 Å². The number of carbonyl (C=O) groups is 1. The Labute approximate surface area is 98.2 Å². The normalized spacial score (nSPS) is 10.1. The fourth-order valence-electron chi connectivity index (χ4n) is 1.51. The van der Waals surface area contributed by atoms with Crippen LogP contribution in [-0.2, 0) is 0 Å². The van der Waals surface area contributed by atoms with E-state index in [0.717, 1.165) is 16.7 Å². The van der Waals surface area contributed by atoms with E-state index in [1.54, 1.807) is 0 Å². The Bertz CT molecular complexity index is 523. The number of urea groups is 1. The van der Waals surface area contributed by atoms with E-state index in [4.69, 9.17) is 5.73 Å². The first-order valence-corrected chi connectivity index (χ1v) is 5.24. The molecule has 0 radical (unpaired) electrons. The Hall–Kier alpha value is -2.37. The SMILES string of the molecule is NC(=O)NCCNc1ncnc2ccccc12. The molecule has 0 bridgehead atoms. The van der Waals surface area contributed by atoms with Gasteiger partial charge in [-0.05, 0) is 12.1 Å². The predicted octanol–water partition coefficient (Wildman–Crippen LogP) is 0.710. The average Bonchev–Trinajstić information content (AvgIpc) is 2.34. The molecule has 1 heterocycles. The Morgan fingerprint density at radius 1 is 1.24 bits per heavy atom. The molecule has 17 heavy (non-hydrogen) atoms. The lowest BCUT2D eigenvalue weighted by Gasteiger charge is -2.07. The maximum atomic E-state index is 10.5. The van der Waals surface area contributed by atoms with Crippen LogP contribution in [0.3, 0.4) is 0 Å². The van der Waals surface area contributed by atoms with Gasteiger partial charge in [-0.25, -0.2) is 14.8 Å². The summed E-state index contributed by atoms with van der Waals surface area (Å²) in [5.74, 6) is 0.752. The number of nitrogens with zero attached hydrogens (tertiary/aromatic N) is 2. The highest BCUT2D eigenvalue weighted by atomic mass is 16.2. The number of aromatic nitrogens is 2. The number of nitrogens with two attached hydrogens (primary N) is 1. The van der Waals surface area contributed by atoms with Crippen molar-refractivity contribution in [2.45, 2.75) is 0 Å². The van der Waals surface area contributed by atoms with Crippen LogP contribution in [0, 0.1) is 0 Å². The summed E-state index contributed by atoms with van der Waals surface area (Å²) in [5, 5.41) is 6.57. The molecule has 0 atom stereocenters. The summed E-state index contributed by atoms with van der Waals surface area (Å²) < 4.78 is 0. The first kappa shape index (κ1) is 11.1.